The van der Waals surface area contributed by atoms with Gasteiger partial charge in [-0.05, 0) is 62.0 Å². The quantitative estimate of drug-likeness (QED) is 0.634. The van der Waals surface area contributed by atoms with E-state index in [2.05, 4.69) is 9.88 Å². The second-order valence-corrected chi connectivity index (χ2v) is 9.40. The van der Waals surface area contributed by atoms with Crippen LogP contribution in [0.5, 0.6) is 0 Å². The van der Waals surface area contributed by atoms with Crippen molar-refractivity contribution in [2.24, 2.45) is 5.92 Å². The summed E-state index contributed by atoms with van der Waals surface area (Å²) in [5, 5.41) is 0.367. The van der Waals surface area contributed by atoms with Gasteiger partial charge in [-0.15, -0.1) is 0 Å². The van der Waals surface area contributed by atoms with Gasteiger partial charge in [0, 0.05) is 18.4 Å². The second-order valence-electron chi connectivity index (χ2n) is 7.46. The molecule has 4 rings (SSSR count). The van der Waals surface area contributed by atoms with E-state index in [1.807, 2.05) is 12.1 Å². The molecule has 154 valence electrons. The van der Waals surface area contributed by atoms with E-state index in [0.717, 1.165) is 38.9 Å². The van der Waals surface area contributed by atoms with Crippen LogP contribution in [0.15, 0.2) is 50.5 Å². The molecular weight excluding hydrogens is 415 g/mol. The lowest BCUT2D eigenvalue weighted by atomic mass is 9.90. The molecule has 0 aliphatic carbocycles. The van der Waals surface area contributed by atoms with Gasteiger partial charge >= 0.3 is 5.76 Å². The summed E-state index contributed by atoms with van der Waals surface area (Å²) in [7, 11) is -1.27. The zero-order valence-corrected chi connectivity index (χ0v) is 17.4. The first-order valence-electron chi connectivity index (χ1n) is 9.65. The third-order valence-corrected chi connectivity index (χ3v) is 7.26. The summed E-state index contributed by atoms with van der Waals surface area (Å²) in [6.07, 6.45) is 3.12. The fourth-order valence-corrected chi connectivity index (χ4v) is 5.40. The fourth-order valence-electron chi connectivity index (χ4n) is 3.82. The number of halogens is 2. The Balaban J connectivity index is 1.29. The van der Waals surface area contributed by atoms with Crippen LogP contribution in [-0.2, 0) is 17.2 Å². The van der Waals surface area contributed by atoms with E-state index in [-0.39, 0.29) is 5.82 Å². The zero-order chi connectivity index (χ0) is 20.4. The molecule has 0 amide bonds. The predicted molar refractivity (Wildman–Crippen MR) is 112 cm³/mol. The Bertz CT molecular complexity index is 1070. The van der Waals surface area contributed by atoms with Crippen molar-refractivity contribution in [3.8, 4) is 0 Å². The topological polar surface area (TPSA) is 66.3 Å². The number of hydrogen-bond acceptors (Lipinski definition) is 4. The zero-order valence-electron chi connectivity index (χ0n) is 15.8. The van der Waals surface area contributed by atoms with Crippen molar-refractivity contribution in [1.82, 2.24) is 9.88 Å². The average Bonchev–Trinajstić information content (AvgIpc) is 3.07. The van der Waals surface area contributed by atoms with Gasteiger partial charge in [0.1, 0.15) is 5.82 Å². The van der Waals surface area contributed by atoms with E-state index in [1.54, 1.807) is 12.1 Å². The third kappa shape index (κ3) is 4.97. The summed E-state index contributed by atoms with van der Waals surface area (Å²) in [5.41, 5.74) is 2.04. The van der Waals surface area contributed by atoms with E-state index in [9.17, 15) is 13.4 Å². The molecule has 1 N–H and O–H groups in total. The number of fused-ring (bicyclic) bond motifs is 1. The van der Waals surface area contributed by atoms with Crippen molar-refractivity contribution in [3.63, 3.8) is 0 Å². The van der Waals surface area contributed by atoms with Gasteiger partial charge in [0.05, 0.1) is 26.2 Å². The number of nitrogens with one attached hydrogen (secondary N) is 1. The number of piperidine rings is 1. The first-order chi connectivity index (χ1) is 14.0. The molecule has 0 saturated carbocycles. The lowest BCUT2D eigenvalue weighted by molar-refractivity contribution is 0.193. The standard InChI is InChI=1S/C21H22ClFN2O3S/c22-17-12-18-19(28-21(26)24-18)13-20(17)29(27)10-9-25-7-5-15(6-8-25)11-14-1-3-16(23)4-2-14/h1-4,12-13,15H,5-11H2,(H,24,26). The molecule has 1 fully saturated rings. The van der Waals surface area contributed by atoms with Crippen LogP contribution in [-0.4, -0.2) is 39.5 Å². The average molecular weight is 437 g/mol. The van der Waals surface area contributed by atoms with Crippen LogP contribution in [0.3, 0.4) is 0 Å². The molecule has 1 aliphatic rings. The highest BCUT2D eigenvalue weighted by Crippen LogP contribution is 2.26. The van der Waals surface area contributed by atoms with Gasteiger partial charge in [0.2, 0.25) is 0 Å². The van der Waals surface area contributed by atoms with E-state index in [1.165, 1.54) is 17.7 Å². The van der Waals surface area contributed by atoms with Crippen LogP contribution in [0.2, 0.25) is 5.02 Å². The molecule has 2 aromatic carbocycles. The molecular formula is C21H22ClFN2O3S. The van der Waals surface area contributed by atoms with Gasteiger partial charge in [0.15, 0.2) is 5.58 Å². The number of likely N-dealkylation sites (tertiary alicyclic amines) is 1. The Kier molecular flexibility index (Phi) is 6.18. The maximum absolute atomic E-state index is 13.0. The Morgan fingerprint density at radius 2 is 1.93 bits per heavy atom. The van der Waals surface area contributed by atoms with Gasteiger partial charge in [-0.3, -0.25) is 9.19 Å². The number of H-pyrrole nitrogens is 1. The maximum Gasteiger partial charge on any atom is 0.417 e. The molecule has 5 nitrogen and oxygen atoms in total. The minimum atomic E-state index is -1.27. The Morgan fingerprint density at radius 1 is 1.21 bits per heavy atom. The number of rotatable bonds is 6. The van der Waals surface area contributed by atoms with Crippen molar-refractivity contribution < 1.29 is 13.0 Å². The van der Waals surface area contributed by atoms with Crippen molar-refractivity contribution in [2.75, 3.05) is 25.4 Å². The summed E-state index contributed by atoms with van der Waals surface area (Å²) in [6.45, 7) is 2.65. The molecule has 1 aromatic heterocycles. The number of benzene rings is 2. The number of aromatic nitrogens is 1. The van der Waals surface area contributed by atoms with Crippen molar-refractivity contribution in [3.05, 3.63) is 63.4 Å². The van der Waals surface area contributed by atoms with Crippen LogP contribution in [0, 0.1) is 11.7 Å². The van der Waals surface area contributed by atoms with E-state index >= 15 is 0 Å². The van der Waals surface area contributed by atoms with Gasteiger partial charge in [-0.1, -0.05) is 23.7 Å². The maximum atomic E-state index is 13.0. The monoisotopic (exact) mass is 436 g/mol. The second kappa shape index (κ2) is 8.81. The summed E-state index contributed by atoms with van der Waals surface area (Å²) in [5.74, 6) is 0.315. The molecule has 1 atom stereocenters. The Hall–Kier alpha value is -1.96. The highest BCUT2D eigenvalue weighted by Gasteiger charge is 2.21. The Morgan fingerprint density at radius 3 is 2.66 bits per heavy atom. The van der Waals surface area contributed by atoms with Crippen molar-refractivity contribution >= 4 is 33.5 Å². The highest BCUT2D eigenvalue weighted by atomic mass is 35.5. The van der Waals surface area contributed by atoms with Gasteiger partial charge in [-0.2, -0.15) is 0 Å². The van der Waals surface area contributed by atoms with Gasteiger partial charge < -0.3 is 9.32 Å². The van der Waals surface area contributed by atoms with Crippen LogP contribution in [0.4, 0.5) is 4.39 Å². The third-order valence-electron chi connectivity index (χ3n) is 5.46. The molecule has 0 bridgehead atoms. The molecule has 1 saturated heterocycles. The molecule has 0 spiro atoms. The van der Waals surface area contributed by atoms with Crippen molar-refractivity contribution in [2.45, 2.75) is 24.2 Å². The smallest absolute Gasteiger partial charge is 0.408 e. The van der Waals surface area contributed by atoms with E-state index in [0.29, 0.717) is 32.7 Å². The SMILES string of the molecule is O=c1[nH]c2cc(Cl)c(S(=O)CCN3CCC(Cc4ccc(F)cc4)CC3)cc2o1. The Labute approximate surface area is 175 Å². The normalized spacial score (nSPS) is 17.0. The van der Waals surface area contributed by atoms with E-state index < -0.39 is 16.6 Å². The summed E-state index contributed by atoms with van der Waals surface area (Å²) < 4.78 is 30.8. The first-order valence-corrected chi connectivity index (χ1v) is 11.3. The minimum absolute atomic E-state index is 0.200. The molecule has 1 aliphatic heterocycles. The van der Waals surface area contributed by atoms with Crippen LogP contribution >= 0.6 is 11.6 Å². The highest BCUT2D eigenvalue weighted by molar-refractivity contribution is 7.85. The van der Waals surface area contributed by atoms with Crippen LogP contribution in [0.1, 0.15) is 18.4 Å². The molecule has 8 heteroatoms. The van der Waals surface area contributed by atoms with Crippen LogP contribution < -0.4 is 5.76 Å². The summed E-state index contributed by atoms with van der Waals surface area (Å²) >= 11 is 6.24. The molecule has 3 aromatic rings. The van der Waals surface area contributed by atoms with Crippen LogP contribution in [0.25, 0.3) is 11.1 Å². The number of aromatic amines is 1. The number of hydrogen-bond donors (Lipinski definition) is 1. The fraction of sp³-hybridized carbons (Fsp3) is 0.381. The molecule has 0 radical (unpaired) electrons. The lowest BCUT2D eigenvalue weighted by Gasteiger charge is -2.31. The van der Waals surface area contributed by atoms with Crippen molar-refractivity contribution in [1.29, 1.82) is 0 Å². The van der Waals surface area contributed by atoms with E-state index in [4.69, 9.17) is 16.0 Å². The molecule has 29 heavy (non-hydrogen) atoms. The summed E-state index contributed by atoms with van der Waals surface area (Å²) in [4.78, 5) is 16.7. The molecule has 2 heterocycles. The number of nitrogens with zero attached hydrogens (tertiary/aromatic N) is 1. The van der Waals surface area contributed by atoms with Gasteiger partial charge in [0.25, 0.3) is 0 Å². The lowest BCUT2D eigenvalue weighted by Crippen LogP contribution is -2.36. The number of oxazole rings is 1. The first kappa shape index (κ1) is 20.3. The predicted octanol–water partition coefficient (Wildman–Crippen LogP) is 3.98. The van der Waals surface area contributed by atoms with Gasteiger partial charge in [-0.25, -0.2) is 9.18 Å². The minimum Gasteiger partial charge on any atom is -0.408 e. The molecule has 1 unspecified atom stereocenters. The largest absolute Gasteiger partial charge is 0.417 e. The summed E-state index contributed by atoms with van der Waals surface area (Å²) in [6, 6.07) is 9.91.